The second-order valence-electron chi connectivity index (χ2n) is 3.67. The van der Waals surface area contributed by atoms with Crippen LogP contribution in [-0.4, -0.2) is 30.3 Å². The molecule has 0 aliphatic rings. The van der Waals surface area contributed by atoms with Crippen LogP contribution in [0.1, 0.15) is 19.4 Å². The lowest BCUT2D eigenvalue weighted by Crippen LogP contribution is -2.25. The number of hydrogen-bond acceptors (Lipinski definition) is 2. The molecule has 0 radical (unpaired) electrons. The summed E-state index contributed by atoms with van der Waals surface area (Å²) >= 11 is 5.59. The zero-order valence-corrected chi connectivity index (χ0v) is 12.5. The van der Waals surface area contributed by atoms with Gasteiger partial charge in [-0.1, -0.05) is 48.0 Å². The highest BCUT2D eigenvalue weighted by Gasteiger charge is 2.01. The summed E-state index contributed by atoms with van der Waals surface area (Å²) in [5, 5.41) is 0. The van der Waals surface area contributed by atoms with Crippen molar-refractivity contribution in [2.24, 2.45) is 0 Å². The normalized spacial score (nSPS) is 11.0. The van der Waals surface area contributed by atoms with Crippen LogP contribution in [-0.2, 0) is 5.75 Å². The fourth-order valence-corrected chi connectivity index (χ4v) is 3.14. The molecule has 1 rings (SSSR count). The zero-order chi connectivity index (χ0) is 11.8. The van der Waals surface area contributed by atoms with E-state index in [1.165, 1.54) is 22.3 Å². The molecule has 0 aliphatic heterocycles. The van der Waals surface area contributed by atoms with E-state index in [4.69, 9.17) is 0 Å². The molecule has 0 aliphatic carbocycles. The predicted molar refractivity (Wildman–Crippen MR) is 78.1 cm³/mol. The summed E-state index contributed by atoms with van der Waals surface area (Å²) in [5.41, 5.74) is 1.40. The van der Waals surface area contributed by atoms with Crippen LogP contribution in [0.4, 0.5) is 0 Å². The van der Waals surface area contributed by atoms with Gasteiger partial charge in [-0.3, -0.25) is 0 Å². The first-order valence-electron chi connectivity index (χ1n) is 5.81. The minimum atomic E-state index is 1.10. The second kappa shape index (κ2) is 8.15. The first-order chi connectivity index (χ1) is 7.77. The van der Waals surface area contributed by atoms with E-state index < -0.39 is 0 Å². The monoisotopic (exact) mass is 301 g/mol. The van der Waals surface area contributed by atoms with Crippen molar-refractivity contribution >= 4 is 27.7 Å². The van der Waals surface area contributed by atoms with Gasteiger partial charge in [0.25, 0.3) is 0 Å². The van der Waals surface area contributed by atoms with Gasteiger partial charge in [0.2, 0.25) is 0 Å². The molecule has 0 saturated carbocycles. The number of benzene rings is 1. The number of thioether (sulfide) groups is 1. The van der Waals surface area contributed by atoms with Crippen LogP contribution in [0.25, 0.3) is 0 Å². The molecule has 1 nitrogen and oxygen atoms in total. The van der Waals surface area contributed by atoms with E-state index in [0.717, 1.165) is 18.8 Å². The summed E-state index contributed by atoms with van der Waals surface area (Å²) in [4.78, 5) is 2.47. The first-order valence-corrected chi connectivity index (χ1v) is 7.76. The maximum atomic E-state index is 3.58. The summed E-state index contributed by atoms with van der Waals surface area (Å²) in [5.74, 6) is 2.31. The smallest absolute Gasteiger partial charge is 0.0215 e. The Morgan fingerprint density at radius 1 is 1.19 bits per heavy atom. The van der Waals surface area contributed by atoms with E-state index in [9.17, 15) is 0 Å². The molecule has 90 valence electrons. The van der Waals surface area contributed by atoms with Crippen molar-refractivity contribution in [3.63, 3.8) is 0 Å². The average Bonchev–Trinajstić information content (AvgIpc) is 2.31. The molecular formula is C13H20BrNS. The SMILES string of the molecule is CCN(CC)CCSCc1ccccc1Br. The Labute approximate surface area is 112 Å². The molecule has 0 aromatic heterocycles. The van der Waals surface area contributed by atoms with Crippen molar-refractivity contribution in [3.8, 4) is 0 Å². The Balaban J connectivity index is 2.23. The van der Waals surface area contributed by atoms with Crippen molar-refractivity contribution in [1.82, 2.24) is 4.90 Å². The maximum absolute atomic E-state index is 3.58. The van der Waals surface area contributed by atoms with E-state index in [1.54, 1.807) is 0 Å². The molecule has 0 saturated heterocycles. The molecule has 1 aromatic rings. The summed E-state index contributed by atoms with van der Waals surface area (Å²) in [6, 6.07) is 8.47. The Hall–Kier alpha value is 0.01000. The highest BCUT2D eigenvalue weighted by atomic mass is 79.9. The lowest BCUT2D eigenvalue weighted by atomic mass is 10.2. The molecule has 0 N–H and O–H groups in total. The van der Waals surface area contributed by atoms with Gasteiger partial charge in [-0.25, -0.2) is 0 Å². The lowest BCUT2D eigenvalue weighted by Gasteiger charge is -2.17. The minimum Gasteiger partial charge on any atom is -0.303 e. The Morgan fingerprint density at radius 3 is 2.50 bits per heavy atom. The standard InChI is InChI=1S/C13H20BrNS/c1-3-15(4-2)9-10-16-11-12-7-5-6-8-13(12)14/h5-8H,3-4,9-11H2,1-2H3. The fourth-order valence-electron chi connectivity index (χ4n) is 1.53. The maximum Gasteiger partial charge on any atom is 0.0215 e. The van der Waals surface area contributed by atoms with Crippen molar-refractivity contribution in [1.29, 1.82) is 0 Å². The zero-order valence-electron chi connectivity index (χ0n) is 10.1. The van der Waals surface area contributed by atoms with Crippen LogP contribution >= 0.6 is 27.7 Å². The highest BCUT2D eigenvalue weighted by Crippen LogP contribution is 2.21. The predicted octanol–water partition coefficient (Wildman–Crippen LogP) is 4.02. The topological polar surface area (TPSA) is 3.24 Å². The van der Waals surface area contributed by atoms with Crippen molar-refractivity contribution in [3.05, 3.63) is 34.3 Å². The van der Waals surface area contributed by atoms with Crippen LogP contribution in [0, 0.1) is 0 Å². The third kappa shape index (κ3) is 4.89. The Morgan fingerprint density at radius 2 is 1.88 bits per heavy atom. The molecule has 0 atom stereocenters. The van der Waals surface area contributed by atoms with E-state index >= 15 is 0 Å². The minimum absolute atomic E-state index is 1.10. The molecule has 0 fully saturated rings. The van der Waals surface area contributed by atoms with Gasteiger partial charge in [0.15, 0.2) is 0 Å². The number of hydrogen-bond donors (Lipinski definition) is 0. The molecule has 16 heavy (non-hydrogen) atoms. The quantitative estimate of drug-likeness (QED) is 0.700. The summed E-state index contributed by atoms with van der Waals surface area (Å²) in [7, 11) is 0. The molecule has 0 heterocycles. The molecular weight excluding hydrogens is 282 g/mol. The van der Waals surface area contributed by atoms with Crippen molar-refractivity contribution in [2.75, 3.05) is 25.4 Å². The number of nitrogens with zero attached hydrogens (tertiary/aromatic N) is 1. The average molecular weight is 302 g/mol. The van der Waals surface area contributed by atoms with E-state index in [1.807, 2.05) is 11.8 Å². The van der Waals surface area contributed by atoms with Gasteiger partial charge >= 0.3 is 0 Å². The van der Waals surface area contributed by atoms with E-state index in [-0.39, 0.29) is 0 Å². The van der Waals surface area contributed by atoms with Crippen molar-refractivity contribution < 1.29 is 0 Å². The van der Waals surface area contributed by atoms with Crippen LogP contribution in [0.2, 0.25) is 0 Å². The Kier molecular flexibility index (Phi) is 7.17. The number of halogens is 1. The van der Waals surface area contributed by atoms with Gasteiger partial charge in [0, 0.05) is 22.5 Å². The molecule has 0 amide bonds. The largest absolute Gasteiger partial charge is 0.303 e. The molecule has 3 heteroatoms. The van der Waals surface area contributed by atoms with Crippen LogP contribution in [0.3, 0.4) is 0 Å². The highest BCUT2D eigenvalue weighted by molar-refractivity contribution is 9.10. The third-order valence-electron chi connectivity index (χ3n) is 2.66. The van der Waals surface area contributed by atoms with Crippen LogP contribution in [0.5, 0.6) is 0 Å². The molecule has 0 spiro atoms. The fraction of sp³-hybridized carbons (Fsp3) is 0.538. The molecule has 0 unspecified atom stereocenters. The number of rotatable bonds is 7. The van der Waals surface area contributed by atoms with Gasteiger partial charge < -0.3 is 4.90 Å². The van der Waals surface area contributed by atoms with Gasteiger partial charge in [0.05, 0.1) is 0 Å². The van der Waals surface area contributed by atoms with Crippen molar-refractivity contribution in [2.45, 2.75) is 19.6 Å². The van der Waals surface area contributed by atoms with E-state index in [2.05, 4.69) is 58.9 Å². The summed E-state index contributed by atoms with van der Waals surface area (Å²) < 4.78 is 1.23. The summed E-state index contributed by atoms with van der Waals surface area (Å²) in [6.45, 7) is 7.96. The van der Waals surface area contributed by atoms with Gasteiger partial charge in [-0.15, -0.1) is 0 Å². The summed E-state index contributed by atoms with van der Waals surface area (Å²) in [6.07, 6.45) is 0. The third-order valence-corrected chi connectivity index (χ3v) is 4.42. The molecule has 1 aromatic carbocycles. The lowest BCUT2D eigenvalue weighted by molar-refractivity contribution is 0.324. The van der Waals surface area contributed by atoms with Gasteiger partial charge in [-0.05, 0) is 24.7 Å². The molecule has 0 bridgehead atoms. The van der Waals surface area contributed by atoms with E-state index in [0.29, 0.717) is 0 Å². The Bertz CT molecular complexity index is 300. The first kappa shape index (κ1) is 14.1. The van der Waals surface area contributed by atoms with Gasteiger partial charge in [-0.2, -0.15) is 11.8 Å². The van der Waals surface area contributed by atoms with Gasteiger partial charge in [0.1, 0.15) is 0 Å². The van der Waals surface area contributed by atoms with Crippen LogP contribution in [0.15, 0.2) is 28.7 Å². The van der Waals surface area contributed by atoms with Crippen LogP contribution < -0.4 is 0 Å². The second-order valence-corrected chi connectivity index (χ2v) is 5.63.